The number of hydrogen-bond acceptors (Lipinski definition) is 1. The minimum absolute atomic E-state index is 0.121. The number of rotatable bonds is 3. The summed E-state index contributed by atoms with van der Waals surface area (Å²) in [7, 11) is 0. The molecule has 0 spiro atoms. The summed E-state index contributed by atoms with van der Waals surface area (Å²) in [6.07, 6.45) is 2.53. The second-order valence-electron chi connectivity index (χ2n) is 6.20. The van der Waals surface area contributed by atoms with E-state index in [0.717, 1.165) is 35.5 Å². The Kier molecular flexibility index (Phi) is 4.20. The van der Waals surface area contributed by atoms with E-state index >= 15 is 0 Å². The molecule has 1 fully saturated rings. The maximum Gasteiger partial charge on any atom is 0.279 e. The Bertz CT molecular complexity index is 633. The fraction of sp³-hybridized carbons (Fsp3) is 0.389. The highest BCUT2D eigenvalue weighted by atomic mass is 16.2. The number of anilines is 1. The van der Waals surface area contributed by atoms with Gasteiger partial charge in [0.1, 0.15) is 0 Å². The fourth-order valence-electron chi connectivity index (χ4n) is 3.31. The first kappa shape index (κ1) is 14.1. The van der Waals surface area contributed by atoms with Crippen molar-refractivity contribution < 1.29 is 9.69 Å². The van der Waals surface area contributed by atoms with Crippen molar-refractivity contribution in [2.24, 2.45) is 5.92 Å². The monoisotopic (exact) mass is 283 g/mol. The minimum atomic E-state index is 0.121. The van der Waals surface area contributed by atoms with Crippen molar-refractivity contribution in [3.8, 4) is 0 Å². The molecule has 21 heavy (non-hydrogen) atoms. The molecule has 1 aliphatic heterocycles. The molecule has 1 heterocycles. The molecule has 1 saturated heterocycles. The van der Waals surface area contributed by atoms with Gasteiger partial charge in [0.05, 0.1) is 13.1 Å². The van der Waals surface area contributed by atoms with Crippen molar-refractivity contribution in [3.05, 3.63) is 42.5 Å². The predicted molar refractivity (Wildman–Crippen MR) is 86.5 cm³/mol. The topological polar surface area (TPSA) is 33.5 Å². The number of quaternary nitrogens is 1. The Morgan fingerprint density at radius 3 is 2.90 bits per heavy atom. The summed E-state index contributed by atoms with van der Waals surface area (Å²) in [6, 6.07) is 14.2. The van der Waals surface area contributed by atoms with Crippen LogP contribution in [0.25, 0.3) is 10.8 Å². The molecule has 2 N–H and O–H groups in total. The van der Waals surface area contributed by atoms with Gasteiger partial charge in [0.15, 0.2) is 6.54 Å². The first-order valence-corrected chi connectivity index (χ1v) is 7.83. The summed E-state index contributed by atoms with van der Waals surface area (Å²) >= 11 is 0. The van der Waals surface area contributed by atoms with Crippen molar-refractivity contribution in [1.82, 2.24) is 0 Å². The van der Waals surface area contributed by atoms with Gasteiger partial charge in [-0.05, 0) is 24.3 Å². The van der Waals surface area contributed by atoms with E-state index in [9.17, 15) is 4.79 Å². The van der Waals surface area contributed by atoms with Gasteiger partial charge in [0.25, 0.3) is 5.91 Å². The minimum Gasteiger partial charge on any atom is -0.327 e. The standard InChI is InChI=1S/C18H22N2O/c1-14-6-5-11-20(12-14)13-18(21)19-17-10-4-8-15-7-2-3-9-16(15)17/h2-4,7-10,14H,5-6,11-13H2,1H3,(H,19,21)/p+1/t14-/m0/s1. The Balaban J connectivity index is 1.69. The van der Waals surface area contributed by atoms with Gasteiger partial charge in [-0.2, -0.15) is 0 Å². The number of likely N-dealkylation sites (tertiary alicyclic amines) is 1. The van der Waals surface area contributed by atoms with Gasteiger partial charge in [-0.1, -0.05) is 43.3 Å². The Morgan fingerprint density at radius 1 is 1.24 bits per heavy atom. The maximum absolute atomic E-state index is 12.3. The number of carbonyl (C=O) groups is 1. The first-order chi connectivity index (χ1) is 10.2. The van der Waals surface area contributed by atoms with Crippen LogP contribution in [0.5, 0.6) is 0 Å². The van der Waals surface area contributed by atoms with Crippen LogP contribution in [0.2, 0.25) is 0 Å². The molecular formula is C18H23N2O+. The largest absolute Gasteiger partial charge is 0.327 e. The molecule has 2 atom stereocenters. The number of piperidine rings is 1. The number of carbonyl (C=O) groups excluding carboxylic acids is 1. The first-order valence-electron chi connectivity index (χ1n) is 7.83. The number of amides is 1. The van der Waals surface area contributed by atoms with Crippen LogP contribution in [-0.4, -0.2) is 25.5 Å². The average Bonchev–Trinajstić information content (AvgIpc) is 2.47. The molecular weight excluding hydrogens is 260 g/mol. The molecule has 0 aliphatic carbocycles. The van der Waals surface area contributed by atoms with Gasteiger partial charge in [0.2, 0.25) is 0 Å². The number of benzene rings is 2. The summed E-state index contributed by atoms with van der Waals surface area (Å²) in [4.78, 5) is 13.7. The van der Waals surface area contributed by atoms with Crippen LogP contribution in [0, 0.1) is 5.92 Å². The van der Waals surface area contributed by atoms with Crippen LogP contribution in [0.3, 0.4) is 0 Å². The van der Waals surface area contributed by atoms with Crippen molar-refractivity contribution in [2.45, 2.75) is 19.8 Å². The van der Waals surface area contributed by atoms with Crippen LogP contribution in [-0.2, 0) is 4.79 Å². The third-order valence-corrected chi connectivity index (χ3v) is 4.34. The van der Waals surface area contributed by atoms with Crippen molar-refractivity contribution in [2.75, 3.05) is 25.0 Å². The molecule has 1 unspecified atom stereocenters. The van der Waals surface area contributed by atoms with Crippen LogP contribution < -0.4 is 10.2 Å². The lowest BCUT2D eigenvalue weighted by Gasteiger charge is -2.27. The van der Waals surface area contributed by atoms with Gasteiger partial charge >= 0.3 is 0 Å². The molecule has 0 aromatic heterocycles. The highest BCUT2D eigenvalue weighted by molar-refractivity contribution is 6.02. The van der Waals surface area contributed by atoms with Crippen molar-refractivity contribution >= 4 is 22.4 Å². The third kappa shape index (κ3) is 3.42. The highest BCUT2D eigenvalue weighted by Gasteiger charge is 2.22. The fourth-order valence-corrected chi connectivity index (χ4v) is 3.31. The van der Waals surface area contributed by atoms with Crippen molar-refractivity contribution in [1.29, 1.82) is 0 Å². The number of fused-ring (bicyclic) bond motifs is 1. The molecule has 0 bridgehead atoms. The quantitative estimate of drug-likeness (QED) is 0.888. The molecule has 2 aromatic rings. The lowest BCUT2D eigenvalue weighted by atomic mass is 10.0. The van der Waals surface area contributed by atoms with E-state index in [1.54, 1.807) is 0 Å². The Labute approximate surface area is 125 Å². The second kappa shape index (κ2) is 6.27. The molecule has 2 aromatic carbocycles. The Hall–Kier alpha value is -1.87. The van der Waals surface area contributed by atoms with E-state index in [-0.39, 0.29) is 5.91 Å². The average molecular weight is 283 g/mol. The van der Waals surface area contributed by atoms with E-state index in [1.165, 1.54) is 17.7 Å². The summed E-state index contributed by atoms with van der Waals surface area (Å²) in [5.41, 5.74) is 0.919. The second-order valence-corrected chi connectivity index (χ2v) is 6.20. The highest BCUT2D eigenvalue weighted by Crippen LogP contribution is 2.22. The van der Waals surface area contributed by atoms with Gasteiger partial charge in [0, 0.05) is 17.0 Å². The maximum atomic E-state index is 12.3. The van der Waals surface area contributed by atoms with Crippen molar-refractivity contribution in [3.63, 3.8) is 0 Å². The third-order valence-electron chi connectivity index (χ3n) is 4.34. The molecule has 1 aliphatic rings. The molecule has 0 radical (unpaired) electrons. The lowest BCUT2D eigenvalue weighted by Crippen LogP contribution is -3.14. The zero-order chi connectivity index (χ0) is 14.7. The van der Waals surface area contributed by atoms with Gasteiger partial charge in [-0.15, -0.1) is 0 Å². The summed E-state index contributed by atoms with van der Waals surface area (Å²) in [5.74, 6) is 0.856. The Morgan fingerprint density at radius 2 is 2.05 bits per heavy atom. The van der Waals surface area contributed by atoms with Crippen LogP contribution in [0.1, 0.15) is 19.8 Å². The lowest BCUT2D eigenvalue weighted by molar-refractivity contribution is -0.900. The molecule has 0 saturated carbocycles. The SMILES string of the molecule is C[C@H]1CCC[NH+](CC(=O)Nc2cccc3ccccc23)C1. The van der Waals surface area contributed by atoms with E-state index in [0.29, 0.717) is 6.54 Å². The van der Waals surface area contributed by atoms with E-state index in [4.69, 9.17) is 0 Å². The van der Waals surface area contributed by atoms with Crippen LogP contribution in [0.15, 0.2) is 42.5 Å². The van der Waals surface area contributed by atoms with E-state index in [1.807, 2.05) is 24.3 Å². The molecule has 1 amide bonds. The molecule has 3 heteroatoms. The van der Waals surface area contributed by atoms with Gasteiger partial charge in [-0.3, -0.25) is 4.79 Å². The zero-order valence-corrected chi connectivity index (χ0v) is 12.6. The molecule has 3 nitrogen and oxygen atoms in total. The number of hydrogen-bond donors (Lipinski definition) is 2. The zero-order valence-electron chi connectivity index (χ0n) is 12.6. The summed E-state index contributed by atoms with van der Waals surface area (Å²) < 4.78 is 0. The normalized spacial score (nSPS) is 22.1. The summed E-state index contributed by atoms with van der Waals surface area (Å²) in [5, 5.41) is 5.36. The van der Waals surface area contributed by atoms with E-state index < -0.39 is 0 Å². The van der Waals surface area contributed by atoms with Crippen LogP contribution >= 0.6 is 0 Å². The van der Waals surface area contributed by atoms with Crippen LogP contribution in [0.4, 0.5) is 5.69 Å². The van der Waals surface area contributed by atoms with Gasteiger partial charge < -0.3 is 10.2 Å². The number of nitrogens with one attached hydrogen (secondary N) is 2. The van der Waals surface area contributed by atoms with Gasteiger partial charge in [-0.25, -0.2) is 0 Å². The molecule has 110 valence electrons. The smallest absolute Gasteiger partial charge is 0.279 e. The molecule has 3 rings (SSSR count). The van der Waals surface area contributed by atoms with E-state index in [2.05, 4.69) is 30.4 Å². The summed E-state index contributed by atoms with van der Waals surface area (Å²) in [6.45, 7) is 5.09. The predicted octanol–water partition coefficient (Wildman–Crippen LogP) is 2.09.